The summed E-state index contributed by atoms with van der Waals surface area (Å²) in [5, 5.41) is 0. The molecule has 5 nitrogen and oxygen atoms in total. The lowest BCUT2D eigenvalue weighted by Crippen LogP contribution is -2.30. The van der Waals surface area contributed by atoms with E-state index in [9.17, 15) is 9.59 Å². The van der Waals surface area contributed by atoms with E-state index in [2.05, 4.69) is 130 Å². The van der Waals surface area contributed by atoms with Crippen LogP contribution in [0.2, 0.25) is 0 Å². The van der Waals surface area contributed by atoms with Crippen molar-refractivity contribution in [3.8, 4) is 0 Å². The van der Waals surface area contributed by atoms with Crippen LogP contribution in [0.5, 0.6) is 0 Å². The van der Waals surface area contributed by atoms with Crippen molar-refractivity contribution in [3.63, 3.8) is 0 Å². The molecule has 0 radical (unpaired) electrons. The molecule has 0 amide bonds. The Kier molecular flexibility index (Phi) is 51.0. The van der Waals surface area contributed by atoms with Crippen LogP contribution >= 0.6 is 0 Å². The van der Waals surface area contributed by atoms with Gasteiger partial charge in [-0.25, -0.2) is 0 Å². The van der Waals surface area contributed by atoms with Crippen molar-refractivity contribution in [3.05, 3.63) is 109 Å². The Bertz CT molecular complexity index is 1280. The number of allylic oxidation sites excluding steroid dienone is 18. The fourth-order valence-electron chi connectivity index (χ4n) is 6.94. The Morgan fingerprint density at radius 1 is 0.359 bits per heavy atom. The molecule has 64 heavy (non-hydrogen) atoms. The summed E-state index contributed by atoms with van der Waals surface area (Å²) >= 11 is 0. The lowest BCUT2D eigenvalue weighted by Gasteiger charge is -2.18. The quantitative estimate of drug-likeness (QED) is 0.0346. The molecule has 1 unspecified atom stereocenters. The smallest absolute Gasteiger partial charge is 0.306 e. The van der Waals surface area contributed by atoms with Crippen molar-refractivity contribution >= 4 is 11.9 Å². The van der Waals surface area contributed by atoms with Crippen LogP contribution in [0.25, 0.3) is 0 Å². The molecular formula is C59H98O5. The number of ether oxygens (including phenoxy) is 3. The number of carbonyl (C=O) groups is 2. The first-order valence-corrected chi connectivity index (χ1v) is 26.4. The summed E-state index contributed by atoms with van der Waals surface area (Å²) in [6.07, 6.45) is 73.8. The molecule has 364 valence electrons. The van der Waals surface area contributed by atoms with Crippen LogP contribution in [0.1, 0.15) is 226 Å². The Balaban J connectivity index is 4.38. The number of esters is 2. The number of rotatable bonds is 47. The van der Waals surface area contributed by atoms with Crippen molar-refractivity contribution in [2.24, 2.45) is 0 Å². The van der Waals surface area contributed by atoms with E-state index in [1.54, 1.807) is 0 Å². The van der Waals surface area contributed by atoms with Gasteiger partial charge in [0.2, 0.25) is 0 Å². The molecule has 0 aliphatic heterocycles. The topological polar surface area (TPSA) is 61.8 Å². The minimum Gasteiger partial charge on any atom is -0.462 e. The standard InChI is InChI=1S/C59H98O5/c1-4-7-10-13-16-19-22-25-27-29-30-32-33-35-37-40-43-46-49-52-58(60)63-56-57(55-62-54-51-48-45-42-39-24-21-18-15-12-9-6-3)64-59(61)53-50-47-44-41-38-36-34-31-28-26-23-20-17-14-11-8-5-2/h7-8,10-11,16-17,19-20,25-28,30,32,34-37,57H,4-6,9,12-15,18,21-24,29,31,33,38-56H2,1-3H3/b10-7-,11-8-,19-16-,20-17-,27-25-,28-26-,32-30-,36-34-,37-35-. The minimum atomic E-state index is -0.567. The lowest BCUT2D eigenvalue weighted by molar-refractivity contribution is -0.163. The minimum absolute atomic E-state index is 0.0535. The number of hydrogen-bond donors (Lipinski definition) is 0. The van der Waals surface area contributed by atoms with Gasteiger partial charge >= 0.3 is 11.9 Å². The molecule has 0 fully saturated rings. The van der Waals surface area contributed by atoms with E-state index in [4.69, 9.17) is 14.2 Å². The van der Waals surface area contributed by atoms with Crippen molar-refractivity contribution in [2.75, 3.05) is 19.8 Å². The molecule has 0 spiro atoms. The van der Waals surface area contributed by atoms with E-state index >= 15 is 0 Å². The molecule has 5 heteroatoms. The highest BCUT2D eigenvalue weighted by Crippen LogP contribution is 2.13. The molecular weight excluding hydrogens is 789 g/mol. The van der Waals surface area contributed by atoms with E-state index < -0.39 is 6.10 Å². The molecule has 0 aromatic carbocycles. The van der Waals surface area contributed by atoms with Gasteiger partial charge in [-0.2, -0.15) is 0 Å². The second-order valence-electron chi connectivity index (χ2n) is 17.0. The third kappa shape index (κ3) is 51.2. The summed E-state index contributed by atoms with van der Waals surface area (Å²) < 4.78 is 17.4. The average molecular weight is 887 g/mol. The highest BCUT2D eigenvalue weighted by molar-refractivity contribution is 5.70. The summed E-state index contributed by atoms with van der Waals surface area (Å²) in [5.41, 5.74) is 0. The zero-order valence-corrected chi connectivity index (χ0v) is 41.8. The Labute approximate surface area is 395 Å². The van der Waals surface area contributed by atoms with Gasteiger partial charge in [-0.05, 0) is 103 Å². The molecule has 0 N–H and O–H groups in total. The molecule has 0 bridgehead atoms. The Morgan fingerprint density at radius 3 is 1.14 bits per heavy atom. The zero-order valence-electron chi connectivity index (χ0n) is 41.8. The summed E-state index contributed by atoms with van der Waals surface area (Å²) in [5.74, 6) is -0.464. The fourth-order valence-corrected chi connectivity index (χ4v) is 6.94. The third-order valence-corrected chi connectivity index (χ3v) is 10.8. The Morgan fingerprint density at radius 2 is 0.703 bits per heavy atom. The van der Waals surface area contributed by atoms with Crippen LogP contribution in [-0.4, -0.2) is 37.9 Å². The van der Waals surface area contributed by atoms with E-state index in [0.717, 1.165) is 128 Å². The lowest BCUT2D eigenvalue weighted by atomic mass is 10.1. The highest BCUT2D eigenvalue weighted by atomic mass is 16.6. The van der Waals surface area contributed by atoms with Gasteiger partial charge in [0, 0.05) is 19.4 Å². The average Bonchev–Trinajstić information content (AvgIpc) is 3.30. The van der Waals surface area contributed by atoms with Gasteiger partial charge in [0.15, 0.2) is 6.10 Å². The molecule has 1 atom stereocenters. The molecule has 0 saturated carbocycles. The van der Waals surface area contributed by atoms with Crippen LogP contribution in [0.15, 0.2) is 109 Å². The van der Waals surface area contributed by atoms with Crippen molar-refractivity contribution in [1.82, 2.24) is 0 Å². The maximum absolute atomic E-state index is 12.8. The van der Waals surface area contributed by atoms with Crippen molar-refractivity contribution in [2.45, 2.75) is 232 Å². The predicted octanol–water partition coefficient (Wildman–Crippen LogP) is 18.0. The van der Waals surface area contributed by atoms with Gasteiger partial charge in [0.25, 0.3) is 0 Å². The van der Waals surface area contributed by atoms with E-state index in [1.807, 2.05) is 0 Å². The second-order valence-corrected chi connectivity index (χ2v) is 17.0. The van der Waals surface area contributed by atoms with E-state index in [0.29, 0.717) is 19.4 Å². The number of unbranched alkanes of at least 4 members (excludes halogenated alkanes) is 18. The maximum Gasteiger partial charge on any atom is 0.306 e. The van der Waals surface area contributed by atoms with Gasteiger partial charge in [-0.15, -0.1) is 0 Å². The first kappa shape index (κ1) is 60.6. The van der Waals surface area contributed by atoms with Gasteiger partial charge in [0.1, 0.15) is 6.61 Å². The number of hydrogen-bond acceptors (Lipinski definition) is 5. The zero-order chi connectivity index (χ0) is 46.3. The molecule has 0 saturated heterocycles. The summed E-state index contributed by atoms with van der Waals surface area (Å²) in [6.45, 7) is 7.54. The molecule has 0 rings (SSSR count). The fraction of sp³-hybridized carbons (Fsp3) is 0.661. The normalized spacial score (nSPS) is 13.1. The van der Waals surface area contributed by atoms with Crippen LogP contribution in [0, 0.1) is 0 Å². The predicted molar refractivity (Wildman–Crippen MR) is 279 cm³/mol. The first-order valence-electron chi connectivity index (χ1n) is 26.4. The maximum atomic E-state index is 12.8. The summed E-state index contributed by atoms with van der Waals surface area (Å²) in [4.78, 5) is 25.4. The van der Waals surface area contributed by atoms with Crippen molar-refractivity contribution in [1.29, 1.82) is 0 Å². The molecule has 0 heterocycles. The largest absolute Gasteiger partial charge is 0.462 e. The molecule has 0 aliphatic rings. The van der Waals surface area contributed by atoms with Gasteiger partial charge < -0.3 is 14.2 Å². The first-order chi connectivity index (χ1) is 31.6. The van der Waals surface area contributed by atoms with E-state index in [-0.39, 0.29) is 25.2 Å². The van der Waals surface area contributed by atoms with Crippen molar-refractivity contribution < 1.29 is 23.8 Å². The van der Waals surface area contributed by atoms with Gasteiger partial charge in [0.05, 0.1) is 6.61 Å². The SMILES string of the molecule is CC/C=C\C/C=C\C/C=C\C/C=C\C/C=C\CCCCCC(=O)OCC(COCCCCCCCCCCCCCC)OC(=O)CCCCCC/C=C\C/C=C\C/C=C\C/C=C\CC. The molecule has 0 aromatic rings. The van der Waals surface area contributed by atoms with Crippen LogP contribution in [0.3, 0.4) is 0 Å². The highest BCUT2D eigenvalue weighted by Gasteiger charge is 2.17. The van der Waals surface area contributed by atoms with Crippen LogP contribution in [-0.2, 0) is 23.8 Å². The van der Waals surface area contributed by atoms with Gasteiger partial charge in [-0.1, -0.05) is 220 Å². The third-order valence-electron chi connectivity index (χ3n) is 10.8. The van der Waals surface area contributed by atoms with Crippen LogP contribution < -0.4 is 0 Å². The van der Waals surface area contributed by atoms with Gasteiger partial charge in [-0.3, -0.25) is 9.59 Å². The second kappa shape index (κ2) is 53.9. The molecule has 0 aromatic heterocycles. The van der Waals surface area contributed by atoms with E-state index in [1.165, 1.54) is 64.2 Å². The Hall–Kier alpha value is -3.44. The number of carbonyl (C=O) groups excluding carboxylic acids is 2. The monoisotopic (exact) mass is 887 g/mol. The summed E-state index contributed by atoms with van der Waals surface area (Å²) in [6, 6.07) is 0. The summed E-state index contributed by atoms with van der Waals surface area (Å²) in [7, 11) is 0. The van der Waals surface area contributed by atoms with Crippen LogP contribution in [0.4, 0.5) is 0 Å². The molecule has 0 aliphatic carbocycles.